The van der Waals surface area contributed by atoms with Crippen LogP contribution in [0, 0.1) is 0 Å². The third-order valence-electron chi connectivity index (χ3n) is 8.06. The molecule has 3 aromatic rings. The first-order chi connectivity index (χ1) is 23.0. The van der Waals surface area contributed by atoms with Crippen LogP contribution in [0.4, 0.5) is 13.2 Å². The fraction of sp³-hybridized carbons (Fsp3) is 0.459. The third kappa shape index (κ3) is 12.1. The topological polar surface area (TPSA) is 61.8 Å². The van der Waals surface area contributed by atoms with Crippen molar-refractivity contribution in [3.8, 4) is 22.6 Å². The summed E-state index contributed by atoms with van der Waals surface area (Å²) in [7, 11) is -0.174. The molecule has 3 aromatic carbocycles. The zero-order chi connectivity index (χ0) is 35.0. The first kappa shape index (κ1) is 39.4. The SMILES string of the molecule is CCCCCCCCC(F)C(F)(F)OC(=O)c1ccc(OC(=O)C(CC)(CCCOc2ccccc2-c2ccccc2)[Si]C(Cl)Cl)cc1. The number of carbonyl (C=O) groups is 2. The van der Waals surface area contributed by atoms with E-state index in [0.29, 0.717) is 32.3 Å². The molecule has 2 unspecified atom stereocenters. The predicted molar refractivity (Wildman–Crippen MR) is 186 cm³/mol. The van der Waals surface area contributed by atoms with Crippen LogP contribution < -0.4 is 9.47 Å². The number of benzene rings is 3. The second-order valence-corrected chi connectivity index (χ2v) is 15.2. The average molecular weight is 724 g/mol. The minimum atomic E-state index is -4.26. The minimum absolute atomic E-state index is 0.0890. The first-order valence-corrected chi connectivity index (χ1v) is 18.4. The monoisotopic (exact) mass is 722 g/mol. The van der Waals surface area contributed by atoms with Gasteiger partial charge in [-0.05, 0) is 61.6 Å². The van der Waals surface area contributed by atoms with E-state index in [1.54, 1.807) is 0 Å². The van der Waals surface area contributed by atoms with Crippen molar-refractivity contribution in [2.45, 2.75) is 99.8 Å². The number of para-hydroxylation sites is 1. The van der Waals surface area contributed by atoms with Gasteiger partial charge in [0.1, 0.15) is 21.0 Å². The Morgan fingerprint density at radius 3 is 2.15 bits per heavy atom. The Morgan fingerprint density at radius 1 is 0.833 bits per heavy atom. The quantitative estimate of drug-likeness (QED) is 0.0360. The molecule has 0 aliphatic heterocycles. The smallest absolute Gasteiger partial charge is 0.432 e. The summed E-state index contributed by atoms with van der Waals surface area (Å²) in [4.78, 5) is 25.9. The summed E-state index contributed by atoms with van der Waals surface area (Å²) in [6, 6.07) is 22.5. The van der Waals surface area contributed by atoms with Crippen LogP contribution in [0.1, 0.15) is 88.4 Å². The van der Waals surface area contributed by atoms with Crippen LogP contribution in [0.3, 0.4) is 0 Å². The fourth-order valence-corrected chi connectivity index (χ4v) is 7.62. The molecule has 3 rings (SSSR count). The van der Waals surface area contributed by atoms with Crippen molar-refractivity contribution in [1.82, 2.24) is 0 Å². The Morgan fingerprint density at radius 2 is 1.48 bits per heavy atom. The highest BCUT2D eigenvalue weighted by atomic mass is 35.5. The van der Waals surface area contributed by atoms with Crippen LogP contribution >= 0.6 is 23.2 Å². The lowest BCUT2D eigenvalue weighted by Crippen LogP contribution is -2.36. The van der Waals surface area contributed by atoms with Crippen LogP contribution in [0.2, 0.25) is 5.04 Å². The predicted octanol–water partition coefficient (Wildman–Crippen LogP) is 11.0. The van der Waals surface area contributed by atoms with Gasteiger partial charge in [-0.2, -0.15) is 8.78 Å². The Labute approximate surface area is 294 Å². The number of hydrogen-bond acceptors (Lipinski definition) is 5. The number of carbonyl (C=O) groups excluding carboxylic acids is 2. The van der Waals surface area contributed by atoms with Crippen molar-refractivity contribution in [1.29, 1.82) is 0 Å². The van der Waals surface area contributed by atoms with Crippen molar-refractivity contribution in [3.05, 3.63) is 84.4 Å². The second-order valence-electron chi connectivity index (χ2n) is 11.6. The summed E-state index contributed by atoms with van der Waals surface area (Å²) >= 11 is 12.3. The number of ether oxygens (including phenoxy) is 3. The van der Waals surface area contributed by atoms with Crippen molar-refractivity contribution < 1.29 is 37.0 Å². The molecule has 0 aliphatic rings. The van der Waals surface area contributed by atoms with Crippen molar-refractivity contribution >= 4 is 44.7 Å². The van der Waals surface area contributed by atoms with Crippen LogP contribution in [0.15, 0.2) is 78.9 Å². The summed E-state index contributed by atoms with van der Waals surface area (Å²) in [6.07, 6.45) is -1.15. The first-order valence-electron chi connectivity index (χ1n) is 16.4. The molecule has 0 heterocycles. The van der Waals surface area contributed by atoms with Crippen molar-refractivity contribution in [2.24, 2.45) is 0 Å². The molecule has 48 heavy (non-hydrogen) atoms. The lowest BCUT2D eigenvalue weighted by Gasteiger charge is -2.30. The Bertz CT molecular complexity index is 1410. The number of esters is 2. The number of hydrogen-bond donors (Lipinski definition) is 0. The summed E-state index contributed by atoms with van der Waals surface area (Å²) in [5, 5.41) is -1.01. The molecule has 0 saturated heterocycles. The van der Waals surface area contributed by atoms with E-state index < -0.39 is 40.1 Å². The highest BCUT2D eigenvalue weighted by Gasteiger charge is 2.44. The van der Waals surface area contributed by atoms with Gasteiger partial charge in [0.05, 0.1) is 21.7 Å². The maximum atomic E-state index is 14.3. The summed E-state index contributed by atoms with van der Waals surface area (Å²) in [6.45, 7) is 4.24. The molecule has 2 atom stereocenters. The number of rotatable bonds is 21. The average Bonchev–Trinajstić information content (AvgIpc) is 3.08. The van der Waals surface area contributed by atoms with Gasteiger partial charge in [0.15, 0.2) is 0 Å². The molecule has 260 valence electrons. The molecular weight excluding hydrogens is 680 g/mol. The number of halogens is 5. The molecule has 0 spiro atoms. The van der Waals surface area contributed by atoms with Gasteiger partial charge in [0.25, 0.3) is 0 Å². The van der Waals surface area contributed by atoms with E-state index in [1.807, 2.05) is 61.5 Å². The molecule has 0 fully saturated rings. The maximum Gasteiger partial charge on any atom is 0.432 e. The maximum absolute atomic E-state index is 14.3. The van der Waals surface area contributed by atoms with Gasteiger partial charge >= 0.3 is 18.0 Å². The largest absolute Gasteiger partial charge is 0.493 e. The van der Waals surface area contributed by atoms with Crippen LogP contribution in [-0.2, 0) is 9.53 Å². The van der Waals surface area contributed by atoms with E-state index >= 15 is 0 Å². The van der Waals surface area contributed by atoms with Gasteiger partial charge in [0.2, 0.25) is 6.17 Å². The van der Waals surface area contributed by atoms with Gasteiger partial charge in [-0.15, -0.1) is 23.2 Å². The molecule has 0 aromatic heterocycles. The van der Waals surface area contributed by atoms with Gasteiger partial charge in [-0.1, -0.05) is 101 Å². The highest BCUT2D eigenvalue weighted by Crippen LogP contribution is 2.40. The lowest BCUT2D eigenvalue weighted by molar-refractivity contribution is -0.240. The number of unbranched alkanes of at least 4 members (excludes halogenated alkanes) is 5. The fourth-order valence-electron chi connectivity index (χ4n) is 5.25. The lowest BCUT2D eigenvalue weighted by atomic mass is 9.99. The van der Waals surface area contributed by atoms with Gasteiger partial charge in [0, 0.05) is 5.56 Å². The summed E-state index contributed by atoms with van der Waals surface area (Å²) in [5.41, 5.74) is 1.74. The highest BCUT2D eigenvalue weighted by molar-refractivity contribution is 6.72. The van der Waals surface area contributed by atoms with Gasteiger partial charge in [-0.3, -0.25) is 4.79 Å². The summed E-state index contributed by atoms with van der Waals surface area (Å²) in [5.74, 6) is -1.13. The Balaban J connectivity index is 1.58. The van der Waals surface area contributed by atoms with E-state index in [1.165, 1.54) is 24.3 Å². The summed E-state index contributed by atoms with van der Waals surface area (Å²) < 4.78 is 58.1. The number of alkyl halides is 5. The Kier molecular flexibility index (Phi) is 16.3. The van der Waals surface area contributed by atoms with Crippen LogP contribution in [-0.4, -0.2) is 44.8 Å². The third-order valence-corrected chi connectivity index (χ3v) is 10.3. The van der Waals surface area contributed by atoms with Crippen LogP contribution in [0.5, 0.6) is 11.5 Å². The molecule has 0 amide bonds. The van der Waals surface area contributed by atoms with Crippen LogP contribution in [0.25, 0.3) is 11.1 Å². The molecule has 11 heteroatoms. The molecule has 0 aliphatic carbocycles. The van der Waals surface area contributed by atoms with Gasteiger partial charge in [-0.25, -0.2) is 9.18 Å². The molecule has 0 saturated carbocycles. The molecule has 5 nitrogen and oxygen atoms in total. The second kappa shape index (κ2) is 19.9. The van der Waals surface area contributed by atoms with Crippen molar-refractivity contribution in [2.75, 3.05) is 6.61 Å². The van der Waals surface area contributed by atoms with E-state index in [9.17, 15) is 22.8 Å². The van der Waals surface area contributed by atoms with E-state index in [2.05, 4.69) is 11.7 Å². The molecule has 2 radical (unpaired) electrons. The van der Waals surface area contributed by atoms with Gasteiger partial charge < -0.3 is 14.2 Å². The minimum Gasteiger partial charge on any atom is -0.493 e. The normalized spacial score (nSPS) is 13.5. The van der Waals surface area contributed by atoms with E-state index in [0.717, 1.165) is 42.6 Å². The molecule has 0 bridgehead atoms. The standard InChI is InChI=1S/C37H43Cl2F3O5Si/c1-3-5-6-7-8-12-20-32(40)37(41,42)47-33(43)28-21-23-29(24-22-28)46-34(44)36(4-2,48-35(38)39)25-15-26-45-31-19-14-13-18-30(31)27-16-10-9-11-17-27/h9-11,13-14,16-19,21-24,32,35H,3-8,12,15,20,25-26H2,1-2H3. The zero-order valence-corrected chi connectivity index (χ0v) is 29.9. The Hall–Kier alpha value is -3.01. The molecular formula is C37H43Cl2F3O5Si. The van der Waals surface area contributed by atoms with Crippen molar-refractivity contribution in [3.63, 3.8) is 0 Å². The van der Waals surface area contributed by atoms with E-state index in [4.69, 9.17) is 32.7 Å². The van der Waals surface area contributed by atoms with E-state index in [-0.39, 0.29) is 27.3 Å². The molecule has 0 N–H and O–H groups in total. The zero-order valence-electron chi connectivity index (χ0n) is 27.4.